The van der Waals surface area contributed by atoms with Crippen molar-refractivity contribution in [2.45, 2.75) is 38.8 Å². The quantitative estimate of drug-likeness (QED) is 0.515. The van der Waals surface area contributed by atoms with E-state index in [0.29, 0.717) is 12.6 Å². The predicted octanol–water partition coefficient (Wildman–Crippen LogP) is 1.78. The molecule has 0 aliphatic carbocycles. The Morgan fingerprint density at radius 3 is 2.22 bits per heavy atom. The van der Waals surface area contributed by atoms with Crippen molar-refractivity contribution in [2.24, 2.45) is 0 Å². The van der Waals surface area contributed by atoms with E-state index in [1.165, 1.54) is 0 Å². The summed E-state index contributed by atoms with van der Waals surface area (Å²) in [6.45, 7) is 4.34. The van der Waals surface area contributed by atoms with E-state index >= 15 is 0 Å². The van der Waals surface area contributed by atoms with Crippen LogP contribution >= 0.6 is 0 Å². The zero-order valence-corrected chi connectivity index (χ0v) is 12.9. The van der Waals surface area contributed by atoms with Gasteiger partial charge in [-0.25, -0.2) is 4.79 Å². The van der Waals surface area contributed by atoms with Crippen LogP contribution < -0.4 is 5.32 Å². The molecule has 0 aromatic carbocycles. The molecule has 0 saturated heterocycles. The van der Waals surface area contributed by atoms with Crippen molar-refractivity contribution in [2.75, 3.05) is 27.9 Å². The maximum absolute atomic E-state index is 11.3. The summed E-state index contributed by atoms with van der Waals surface area (Å²) in [7, 11) is 2.20. The van der Waals surface area contributed by atoms with Gasteiger partial charge in [-0.05, 0) is 19.8 Å². The van der Waals surface area contributed by atoms with Crippen LogP contribution in [0.25, 0.3) is 0 Å². The fraction of sp³-hybridized carbons (Fsp3) is 0.909. The molecule has 1 unspecified atom stereocenters. The van der Waals surface area contributed by atoms with Crippen molar-refractivity contribution in [3.05, 3.63) is 0 Å². The second-order valence-electron chi connectivity index (χ2n) is 3.95. The van der Waals surface area contributed by atoms with Crippen LogP contribution in [0.3, 0.4) is 0 Å². The lowest BCUT2D eigenvalue weighted by Gasteiger charge is -2.24. The number of carbonyl (C=O) groups is 1. The lowest BCUT2D eigenvalue weighted by Crippen LogP contribution is -2.43. The van der Waals surface area contributed by atoms with E-state index in [-0.39, 0.29) is 12.2 Å². The van der Waals surface area contributed by atoms with Crippen molar-refractivity contribution in [1.29, 1.82) is 0 Å². The van der Waals surface area contributed by atoms with E-state index < -0.39 is 8.80 Å². The standard InChI is InChI=1S/C11H25NO5Si/c1-6-10(2)17-11(13)12-8-7-9-18(14-3,15-4)16-5/h10H,6-9H2,1-5H3,(H,12,13). The SMILES string of the molecule is CCC(C)OC(=O)NCCC[Si](OC)(OC)OC. The molecule has 0 spiro atoms. The van der Waals surface area contributed by atoms with Gasteiger partial charge in [-0.15, -0.1) is 0 Å². The number of amides is 1. The van der Waals surface area contributed by atoms with E-state index in [2.05, 4.69) is 5.32 Å². The number of hydrogen-bond donors (Lipinski definition) is 1. The van der Waals surface area contributed by atoms with Gasteiger partial charge in [0.05, 0.1) is 0 Å². The van der Waals surface area contributed by atoms with Gasteiger partial charge in [0, 0.05) is 33.9 Å². The largest absolute Gasteiger partial charge is 0.500 e. The molecule has 108 valence electrons. The fourth-order valence-electron chi connectivity index (χ4n) is 1.36. The lowest BCUT2D eigenvalue weighted by atomic mass is 10.3. The molecule has 1 atom stereocenters. The van der Waals surface area contributed by atoms with Gasteiger partial charge in [-0.2, -0.15) is 0 Å². The highest BCUT2D eigenvalue weighted by molar-refractivity contribution is 6.60. The molecule has 0 saturated carbocycles. The molecule has 18 heavy (non-hydrogen) atoms. The van der Waals surface area contributed by atoms with Gasteiger partial charge in [0.2, 0.25) is 0 Å². The first-order chi connectivity index (χ1) is 8.53. The average molecular weight is 279 g/mol. The average Bonchev–Trinajstić information content (AvgIpc) is 2.39. The second kappa shape index (κ2) is 9.32. The third-order valence-corrected chi connectivity index (χ3v) is 5.58. The van der Waals surface area contributed by atoms with Gasteiger partial charge >= 0.3 is 14.9 Å². The number of nitrogens with one attached hydrogen (secondary N) is 1. The maximum atomic E-state index is 11.3. The summed E-state index contributed by atoms with van der Waals surface area (Å²) >= 11 is 0. The molecule has 7 heteroatoms. The molecule has 0 rings (SSSR count). The molecular formula is C11H25NO5Si. The molecule has 0 aliphatic heterocycles. The van der Waals surface area contributed by atoms with Crippen LogP contribution in [0.15, 0.2) is 0 Å². The first-order valence-electron chi connectivity index (χ1n) is 6.13. The first kappa shape index (κ1) is 17.4. The molecule has 1 amide bonds. The van der Waals surface area contributed by atoms with Crippen LogP contribution in [0.4, 0.5) is 4.79 Å². The van der Waals surface area contributed by atoms with Crippen molar-refractivity contribution in [3.63, 3.8) is 0 Å². The first-order valence-corrected chi connectivity index (χ1v) is 8.06. The molecule has 0 heterocycles. The third kappa shape index (κ3) is 6.34. The van der Waals surface area contributed by atoms with Crippen molar-refractivity contribution in [1.82, 2.24) is 5.32 Å². The van der Waals surface area contributed by atoms with E-state index in [4.69, 9.17) is 18.0 Å². The van der Waals surface area contributed by atoms with Crippen LogP contribution in [-0.4, -0.2) is 48.9 Å². The number of carbonyl (C=O) groups excluding carboxylic acids is 1. The van der Waals surface area contributed by atoms with Crippen molar-refractivity contribution in [3.8, 4) is 0 Å². The predicted molar refractivity (Wildman–Crippen MR) is 70.4 cm³/mol. The number of rotatable bonds is 9. The number of hydrogen-bond acceptors (Lipinski definition) is 5. The lowest BCUT2D eigenvalue weighted by molar-refractivity contribution is 0.104. The van der Waals surface area contributed by atoms with Gasteiger partial charge in [0.15, 0.2) is 0 Å². The molecule has 0 aromatic heterocycles. The highest BCUT2D eigenvalue weighted by Crippen LogP contribution is 2.14. The Kier molecular flexibility index (Phi) is 8.99. The van der Waals surface area contributed by atoms with Crippen LogP contribution in [0.5, 0.6) is 0 Å². The van der Waals surface area contributed by atoms with Gasteiger partial charge in [-0.1, -0.05) is 6.92 Å². The summed E-state index contributed by atoms with van der Waals surface area (Å²) in [6, 6.07) is 0.653. The Bertz CT molecular complexity index is 227. The Morgan fingerprint density at radius 2 is 1.78 bits per heavy atom. The summed E-state index contributed by atoms with van der Waals surface area (Å²) in [6.07, 6.45) is 1.08. The summed E-state index contributed by atoms with van der Waals surface area (Å²) in [5.41, 5.74) is 0. The molecule has 0 radical (unpaired) electrons. The van der Waals surface area contributed by atoms with Crippen LogP contribution in [-0.2, 0) is 18.0 Å². The van der Waals surface area contributed by atoms with Gasteiger partial charge in [-0.3, -0.25) is 0 Å². The molecule has 0 bridgehead atoms. The normalized spacial score (nSPS) is 13.2. The molecule has 0 aromatic rings. The zero-order valence-electron chi connectivity index (χ0n) is 11.9. The summed E-state index contributed by atoms with van der Waals surface area (Å²) in [5, 5.41) is 2.69. The van der Waals surface area contributed by atoms with Crippen LogP contribution in [0, 0.1) is 0 Å². The van der Waals surface area contributed by atoms with Gasteiger partial charge in [0.1, 0.15) is 6.10 Å². The molecule has 6 nitrogen and oxygen atoms in total. The van der Waals surface area contributed by atoms with Gasteiger partial charge in [0.25, 0.3) is 0 Å². The molecule has 0 aliphatic rings. The van der Waals surface area contributed by atoms with Crippen molar-refractivity contribution >= 4 is 14.9 Å². The smallest absolute Gasteiger partial charge is 0.447 e. The topological polar surface area (TPSA) is 66.0 Å². The minimum Gasteiger partial charge on any atom is -0.447 e. The Morgan fingerprint density at radius 1 is 1.22 bits per heavy atom. The van der Waals surface area contributed by atoms with Gasteiger partial charge < -0.3 is 23.3 Å². The van der Waals surface area contributed by atoms with E-state index in [1.54, 1.807) is 21.3 Å². The number of ether oxygens (including phenoxy) is 1. The summed E-state index contributed by atoms with van der Waals surface area (Å²) < 4.78 is 20.9. The number of alkyl carbamates (subject to hydrolysis) is 1. The second-order valence-corrected chi connectivity index (χ2v) is 7.04. The minimum atomic E-state index is -2.52. The van der Waals surface area contributed by atoms with Crippen LogP contribution in [0.2, 0.25) is 6.04 Å². The maximum Gasteiger partial charge on any atom is 0.500 e. The zero-order chi connectivity index (χ0) is 14.0. The highest BCUT2D eigenvalue weighted by Gasteiger charge is 2.36. The van der Waals surface area contributed by atoms with E-state index in [0.717, 1.165) is 12.8 Å². The van der Waals surface area contributed by atoms with Crippen molar-refractivity contribution < 1.29 is 22.8 Å². The Hall–Kier alpha value is -0.633. The third-order valence-electron chi connectivity index (χ3n) is 2.75. The van der Waals surface area contributed by atoms with Crippen LogP contribution in [0.1, 0.15) is 26.7 Å². The van der Waals surface area contributed by atoms with E-state index in [9.17, 15) is 4.79 Å². The highest BCUT2D eigenvalue weighted by atomic mass is 28.4. The monoisotopic (exact) mass is 279 g/mol. The molecule has 0 fully saturated rings. The summed E-state index contributed by atoms with van der Waals surface area (Å²) in [4.78, 5) is 11.3. The molecule has 1 N–H and O–H groups in total. The Balaban J connectivity index is 3.81. The fourth-order valence-corrected chi connectivity index (χ4v) is 3.08. The molecular weight excluding hydrogens is 254 g/mol. The Labute approximate surface area is 110 Å². The minimum absolute atomic E-state index is 0.0598. The van der Waals surface area contributed by atoms with E-state index in [1.807, 2.05) is 13.8 Å². The summed E-state index contributed by atoms with van der Waals surface area (Å²) in [5.74, 6) is 0.